The second kappa shape index (κ2) is 5.93. The zero-order valence-corrected chi connectivity index (χ0v) is 11.2. The zero-order valence-electron chi connectivity index (χ0n) is 10.4. The van der Waals surface area contributed by atoms with Gasteiger partial charge in [0.2, 0.25) is 0 Å². The molecule has 0 saturated carbocycles. The first-order valence-electron chi connectivity index (χ1n) is 5.66. The van der Waals surface area contributed by atoms with Crippen molar-refractivity contribution in [3.63, 3.8) is 0 Å². The van der Waals surface area contributed by atoms with Crippen LogP contribution in [0.2, 0.25) is 0 Å². The van der Waals surface area contributed by atoms with Crippen molar-refractivity contribution in [3.8, 4) is 5.75 Å². The van der Waals surface area contributed by atoms with Gasteiger partial charge in [-0.05, 0) is 25.6 Å². The van der Waals surface area contributed by atoms with E-state index in [1.54, 1.807) is 36.5 Å². The highest BCUT2D eigenvalue weighted by molar-refractivity contribution is 7.09. The van der Waals surface area contributed by atoms with Gasteiger partial charge >= 0.3 is 0 Å². The van der Waals surface area contributed by atoms with Crippen LogP contribution in [0.25, 0.3) is 0 Å². The third kappa shape index (κ3) is 3.05. The minimum Gasteiger partial charge on any atom is -0.484 e. The van der Waals surface area contributed by atoms with E-state index in [0.29, 0.717) is 12.2 Å². The smallest absolute Gasteiger partial charge is 0.167 e. The molecule has 18 heavy (non-hydrogen) atoms. The largest absolute Gasteiger partial charge is 0.484 e. The quantitative estimate of drug-likeness (QED) is 0.903. The van der Waals surface area contributed by atoms with Gasteiger partial charge in [0, 0.05) is 11.9 Å². The van der Waals surface area contributed by atoms with E-state index in [-0.39, 0.29) is 11.6 Å². The van der Waals surface area contributed by atoms with Crippen molar-refractivity contribution >= 4 is 11.3 Å². The lowest BCUT2D eigenvalue weighted by Crippen LogP contribution is -2.05. The van der Waals surface area contributed by atoms with Crippen LogP contribution < -0.4 is 10.1 Å². The van der Waals surface area contributed by atoms with Crippen LogP contribution in [0.1, 0.15) is 16.3 Å². The summed E-state index contributed by atoms with van der Waals surface area (Å²) in [6, 6.07) is 5.13. The molecule has 1 N–H and O–H groups in total. The fourth-order valence-electron chi connectivity index (χ4n) is 1.53. The Morgan fingerprint density at radius 1 is 1.44 bits per heavy atom. The fraction of sp³-hybridized carbons (Fsp3) is 0.308. The first-order valence-corrected chi connectivity index (χ1v) is 6.54. The van der Waals surface area contributed by atoms with Gasteiger partial charge in [0.05, 0.1) is 5.69 Å². The molecule has 0 aliphatic carbocycles. The third-order valence-electron chi connectivity index (χ3n) is 2.46. The minimum absolute atomic E-state index is 0.276. The van der Waals surface area contributed by atoms with Gasteiger partial charge in [-0.1, -0.05) is 12.1 Å². The number of hydrogen-bond acceptors (Lipinski definition) is 4. The molecule has 3 nitrogen and oxygen atoms in total. The number of nitrogens with one attached hydrogen (secondary N) is 1. The second-order valence-electron chi connectivity index (χ2n) is 3.94. The fourth-order valence-corrected chi connectivity index (χ4v) is 2.32. The molecule has 0 atom stereocenters. The van der Waals surface area contributed by atoms with Crippen molar-refractivity contribution < 1.29 is 9.13 Å². The lowest BCUT2D eigenvalue weighted by molar-refractivity contribution is 0.286. The van der Waals surface area contributed by atoms with Crippen molar-refractivity contribution in [2.24, 2.45) is 0 Å². The molecule has 1 aromatic heterocycles. The number of thiazole rings is 1. The summed E-state index contributed by atoms with van der Waals surface area (Å²) in [4.78, 5) is 4.38. The Bertz CT molecular complexity index is 527. The molecular formula is C13H15FN2OS. The van der Waals surface area contributed by atoms with Crippen LogP contribution in [0.5, 0.6) is 5.75 Å². The number of nitrogens with zero attached hydrogens (tertiary/aromatic N) is 1. The summed E-state index contributed by atoms with van der Waals surface area (Å²) >= 11 is 1.57. The summed E-state index contributed by atoms with van der Waals surface area (Å²) in [5, 5.41) is 5.97. The van der Waals surface area contributed by atoms with Crippen LogP contribution in [0, 0.1) is 12.7 Å². The lowest BCUT2D eigenvalue weighted by atomic mass is 10.2. The number of ether oxygens (including phenoxy) is 1. The third-order valence-corrected chi connectivity index (χ3v) is 3.36. The van der Waals surface area contributed by atoms with Gasteiger partial charge in [-0.3, -0.25) is 0 Å². The predicted octanol–water partition coefficient (Wildman–Crippen LogP) is 2.89. The molecule has 0 radical (unpaired) electrons. The van der Waals surface area contributed by atoms with E-state index in [1.807, 2.05) is 12.4 Å². The van der Waals surface area contributed by atoms with E-state index >= 15 is 0 Å². The first kappa shape index (κ1) is 13.0. The molecule has 0 aliphatic heterocycles. The number of hydrogen-bond donors (Lipinski definition) is 1. The molecule has 0 fully saturated rings. The molecule has 0 spiro atoms. The van der Waals surface area contributed by atoms with E-state index in [9.17, 15) is 4.39 Å². The molecule has 1 heterocycles. The highest BCUT2D eigenvalue weighted by atomic mass is 32.1. The lowest BCUT2D eigenvalue weighted by Gasteiger charge is -2.06. The van der Waals surface area contributed by atoms with Crippen LogP contribution in [0.3, 0.4) is 0 Å². The Morgan fingerprint density at radius 3 is 3.06 bits per heavy atom. The van der Waals surface area contributed by atoms with Crippen LogP contribution in [0.4, 0.5) is 4.39 Å². The molecule has 2 rings (SSSR count). The van der Waals surface area contributed by atoms with Crippen molar-refractivity contribution in [2.75, 3.05) is 7.05 Å². The molecule has 0 aliphatic rings. The zero-order chi connectivity index (χ0) is 13.0. The van der Waals surface area contributed by atoms with E-state index in [2.05, 4.69) is 10.3 Å². The summed E-state index contributed by atoms with van der Waals surface area (Å²) < 4.78 is 19.1. The van der Waals surface area contributed by atoms with Crippen LogP contribution >= 0.6 is 11.3 Å². The number of aryl methyl sites for hydroxylation is 1. The van der Waals surface area contributed by atoms with Gasteiger partial charge in [-0.15, -0.1) is 11.3 Å². The van der Waals surface area contributed by atoms with E-state index in [0.717, 1.165) is 17.2 Å². The van der Waals surface area contributed by atoms with Crippen LogP contribution in [0.15, 0.2) is 23.6 Å². The van der Waals surface area contributed by atoms with Gasteiger partial charge in [0.25, 0.3) is 0 Å². The maximum atomic E-state index is 13.7. The van der Waals surface area contributed by atoms with Crippen LogP contribution in [-0.4, -0.2) is 12.0 Å². The molecule has 2 aromatic rings. The number of aromatic nitrogens is 1. The van der Waals surface area contributed by atoms with Gasteiger partial charge in [-0.2, -0.15) is 0 Å². The van der Waals surface area contributed by atoms with E-state index in [1.165, 1.54) is 0 Å². The Hall–Kier alpha value is -1.46. The average molecular weight is 266 g/mol. The highest BCUT2D eigenvalue weighted by Crippen LogP contribution is 2.21. The maximum Gasteiger partial charge on any atom is 0.167 e. The summed E-state index contributed by atoms with van der Waals surface area (Å²) in [7, 11) is 1.87. The first-order chi connectivity index (χ1) is 8.70. The van der Waals surface area contributed by atoms with Crippen molar-refractivity contribution in [2.45, 2.75) is 20.1 Å². The van der Waals surface area contributed by atoms with Crippen LogP contribution in [-0.2, 0) is 13.2 Å². The number of halogens is 1. The minimum atomic E-state index is -0.303. The molecule has 0 amide bonds. The van der Waals surface area contributed by atoms with E-state index in [4.69, 9.17) is 4.74 Å². The normalized spacial score (nSPS) is 10.6. The summed E-state index contributed by atoms with van der Waals surface area (Å²) in [5.74, 6) is -0.0265. The monoisotopic (exact) mass is 266 g/mol. The number of benzene rings is 1. The van der Waals surface area contributed by atoms with Crippen molar-refractivity contribution in [1.29, 1.82) is 0 Å². The Labute approximate surface area is 110 Å². The SMILES string of the molecule is CNCc1nc(COc2cccc(C)c2F)cs1. The summed E-state index contributed by atoms with van der Waals surface area (Å²) in [5.41, 5.74) is 1.41. The molecule has 1 aromatic carbocycles. The second-order valence-corrected chi connectivity index (χ2v) is 4.88. The summed E-state index contributed by atoms with van der Waals surface area (Å²) in [6.07, 6.45) is 0. The number of rotatable bonds is 5. The van der Waals surface area contributed by atoms with Gasteiger partial charge in [-0.25, -0.2) is 9.37 Å². The topological polar surface area (TPSA) is 34.2 Å². The highest BCUT2D eigenvalue weighted by Gasteiger charge is 2.07. The Morgan fingerprint density at radius 2 is 2.28 bits per heavy atom. The summed E-state index contributed by atoms with van der Waals surface area (Å²) in [6.45, 7) is 2.75. The predicted molar refractivity (Wildman–Crippen MR) is 70.3 cm³/mol. The van der Waals surface area contributed by atoms with E-state index < -0.39 is 0 Å². The maximum absolute atomic E-state index is 13.7. The van der Waals surface area contributed by atoms with Crippen molar-refractivity contribution in [3.05, 3.63) is 45.7 Å². The molecule has 96 valence electrons. The van der Waals surface area contributed by atoms with Crippen molar-refractivity contribution in [1.82, 2.24) is 10.3 Å². The molecule has 0 saturated heterocycles. The molecule has 5 heteroatoms. The molecular weight excluding hydrogens is 251 g/mol. The van der Waals surface area contributed by atoms with Gasteiger partial charge < -0.3 is 10.1 Å². The average Bonchev–Trinajstić information content (AvgIpc) is 2.79. The Balaban J connectivity index is 2.00. The van der Waals surface area contributed by atoms with Gasteiger partial charge in [0.15, 0.2) is 11.6 Å². The standard InChI is InChI=1S/C13H15FN2OS/c1-9-4-3-5-11(13(9)14)17-7-10-8-18-12(16-10)6-15-2/h3-5,8,15H,6-7H2,1-2H3. The Kier molecular flexibility index (Phi) is 4.28. The molecule has 0 unspecified atom stereocenters. The van der Waals surface area contributed by atoms with Gasteiger partial charge in [0.1, 0.15) is 11.6 Å². The molecule has 0 bridgehead atoms.